The predicted molar refractivity (Wildman–Crippen MR) is 304 cm³/mol. The van der Waals surface area contributed by atoms with Gasteiger partial charge in [0.15, 0.2) is 0 Å². The summed E-state index contributed by atoms with van der Waals surface area (Å²) < 4.78 is 5.81. The highest BCUT2D eigenvalue weighted by Crippen LogP contribution is 2.42. The third-order valence-corrected chi connectivity index (χ3v) is 14.6. The molecule has 4 nitrogen and oxygen atoms in total. The van der Waals surface area contributed by atoms with E-state index in [1.807, 2.05) is 72.8 Å². The molecule has 0 bridgehead atoms. The van der Waals surface area contributed by atoms with Gasteiger partial charge in [-0.2, -0.15) is 15.8 Å². The number of nitriles is 3. The van der Waals surface area contributed by atoms with Crippen molar-refractivity contribution in [3.8, 4) is 29.3 Å². The molecular formula is C69H69N3O. The normalized spacial score (nSPS) is 19.5. The third-order valence-electron chi connectivity index (χ3n) is 14.6. The quantitative estimate of drug-likeness (QED) is 0.0905. The molecule has 3 aliphatic rings. The third kappa shape index (κ3) is 14.0. The van der Waals surface area contributed by atoms with Crippen molar-refractivity contribution in [2.24, 2.45) is 5.41 Å². The number of benzene rings is 6. The minimum atomic E-state index is -0.392. The monoisotopic (exact) mass is 956 g/mol. The van der Waals surface area contributed by atoms with E-state index in [9.17, 15) is 5.26 Å². The standard InChI is InChI=1S/C25H27N.C24H25N.C20H17NO/c1-2-3-4-8-17-25(20-26)18-15-24(16-19-25)23-13-11-22(12-14-23)21-9-6-5-7-10-21;1-2-3-7-16-24(23-8-5-4-6-9-23)17-14-22(15-18-24)21-12-10-20(19-25)11-13-21;1-22-20(19-5-3-2-4-6-19)13-11-18(12-14-20)17-9-7-16(15-21)8-10-17/h5-7,9-16,18H,2-4,8,17,19H2,1H3;4-6,8-15,17H,2-3,7,16,18H2,1H3;2-13H,14H2,1H3. The summed E-state index contributed by atoms with van der Waals surface area (Å²) in [6.45, 7) is 4.48. The number of unbranched alkanes of at least 4 members (excludes halogenated alkanes) is 5. The van der Waals surface area contributed by atoms with Crippen LogP contribution >= 0.6 is 0 Å². The van der Waals surface area contributed by atoms with E-state index in [1.54, 1.807) is 7.11 Å². The van der Waals surface area contributed by atoms with Gasteiger partial charge in [-0.15, -0.1) is 0 Å². The van der Waals surface area contributed by atoms with Gasteiger partial charge < -0.3 is 4.74 Å². The van der Waals surface area contributed by atoms with Crippen molar-refractivity contribution in [1.29, 1.82) is 15.8 Å². The van der Waals surface area contributed by atoms with Crippen molar-refractivity contribution in [2.45, 2.75) is 102 Å². The first kappa shape index (κ1) is 53.0. The highest BCUT2D eigenvalue weighted by atomic mass is 16.5. The number of rotatable bonds is 16. The lowest BCUT2D eigenvalue weighted by Gasteiger charge is -2.33. The Morgan fingerprint density at radius 3 is 1.32 bits per heavy atom. The van der Waals surface area contributed by atoms with Gasteiger partial charge in [0.2, 0.25) is 0 Å². The Morgan fingerprint density at radius 2 is 0.863 bits per heavy atom. The molecule has 6 aromatic rings. The molecule has 0 radical (unpaired) electrons. The molecule has 0 spiro atoms. The molecule has 73 heavy (non-hydrogen) atoms. The summed E-state index contributed by atoms with van der Waals surface area (Å²) >= 11 is 0. The Morgan fingerprint density at radius 1 is 0.425 bits per heavy atom. The van der Waals surface area contributed by atoms with E-state index < -0.39 is 5.60 Å². The van der Waals surface area contributed by atoms with Crippen LogP contribution in [0.5, 0.6) is 0 Å². The molecule has 0 fully saturated rings. The SMILES string of the molecule is CCCCCC1(c2ccccc2)C=CC(c2ccc(C#N)cc2)=CC1.CCCCCCC1(C#N)C=CC(c2ccc(-c3ccccc3)cc2)=CC1.COC1(c2ccccc2)C=CC(c2ccc(C#N)cc2)=CC1. The lowest BCUT2D eigenvalue weighted by atomic mass is 9.70. The zero-order chi connectivity index (χ0) is 51.2. The van der Waals surface area contributed by atoms with Gasteiger partial charge in [0.05, 0.1) is 34.7 Å². The Kier molecular flexibility index (Phi) is 19.3. The zero-order valence-electron chi connectivity index (χ0n) is 43.0. The van der Waals surface area contributed by atoms with Gasteiger partial charge in [-0.25, -0.2) is 0 Å². The number of methoxy groups -OCH3 is 1. The molecule has 3 aliphatic carbocycles. The highest BCUT2D eigenvalue weighted by molar-refractivity contribution is 5.78. The van der Waals surface area contributed by atoms with Crippen LogP contribution in [0.25, 0.3) is 27.8 Å². The second-order valence-corrected chi connectivity index (χ2v) is 19.4. The first-order chi connectivity index (χ1) is 35.8. The fourth-order valence-corrected chi connectivity index (χ4v) is 9.98. The van der Waals surface area contributed by atoms with E-state index >= 15 is 0 Å². The lowest BCUT2D eigenvalue weighted by molar-refractivity contribution is 0.0310. The van der Waals surface area contributed by atoms with E-state index in [2.05, 4.69) is 178 Å². The number of hydrogen-bond acceptors (Lipinski definition) is 4. The van der Waals surface area contributed by atoms with Crippen LogP contribution in [0.15, 0.2) is 218 Å². The molecule has 0 saturated carbocycles. The van der Waals surface area contributed by atoms with E-state index in [4.69, 9.17) is 15.3 Å². The summed E-state index contributed by atoms with van der Waals surface area (Å²) in [6, 6.07) is 62.7. The van der Waals surface area contributed by atoms with Crippen LogP contribution in [0, 0.1) is 39.4 Å². The molecule has 0 saturated heterocycles. The zero-order valence-corrected chi connectivity index (χ0v) is 43.0. The average molecular weight is 956 g/mol. The van der Waals surface area contributed by atoms with Crippen LogP contribution in [-0.2, 0) is 15.8 Å². The van der Waals surface area contributed by atoms with Crippen molar-refractivity contribution in [3.63, 3.8) is 0 Å². The Labute approximate surface area is 436 Å². The molecule has 3 unspecified atom stereocenters. The van der Waals surface area contributed by atoms with Crippen molar-refractivity contribution < 1.29 is 4.74 Å². The smallest absolute Gasteiger partial charge is 0.115 e. The molecular weight excluding hydrogens is 887 g/mol. The maximum absolute atomic E-state index is 9.69. The summed E-state index contributed by atoms with van der Waals surface area (Å²) in [7, 11) is 1.75. The number of allylic oxidation sites excluding steroid dienone is 10. The molecule has 3 atom stereocenters. The molecule has 6 aromatic carbocycles. The average Bonchev–Trinajstić information content (AvgIpc) is 3.48. The Balaban J connectivity index is 0.000000161. The van der Waals surface area contributed by atoms with Crippen molar-refractivity contribution in [3.05, 3.63) is 257 Å². The second kappa shape index (κ2) is 26.6. The van der Waals surface area contributed by atoms with E-state index in [0.717, 1.165) is 48.8 Å². The summed E-state index contributed by atoms with van der Waals surface area (Å²) in [5.41, 5.74) is 13.0. The summed E-state index contributed by atoms with van der Waals surface area (Å²) in [4.78, 5) is 0. The van der Waals surface area contributed by atoms with Crippen LogP contribution in [0.4, 0.5) is 0 Å². The summed E-state index contributed by atoms with van der Waals surface area (Å²) in [5, 5.41) is 27.5. The van der Waals surface area contributed by atoms with Gasteiger partial charge in [-0.05, 0) is 112 Å². The number of nitrogens with zero attached hydrogens (tertiary/aromatic N) is 3. The van der Waals surface area contributed by atoms with Gasteiger partial charge >= 0.3 is 0 Å². The van der Waals surface area contributed by atoms with Crippen molar-refractivity contribution >= 4 is 16.7 Å². The van der Waals surface area contributed by atoms with Crippen molar-refractivity contribution in [1.82, 2.24) is 0 Å². The van der Waals surface area contributed by atoms with Crippen LogP contribution in [-0.4, -0.2) is 7.11 Å². The Bertz CT molecular complexity index is 3010. The maximum Gasteiger partial charge on any atom is 0.115 e. The maximum atomic E-state index is 9.69. The molecule has 0 N–H and O–H groups in total. The fourth-order valence-electron chi connectivity index (χ4n) is 9.98. The van der Waals surface area contributed by atoms with E-state index in [0.29, 0.717) is 11.1 Å². The van der Waals surface area contributed by atoms with Crippen molar-refractivity contribution in [2.75, 3.05) is 7.11 Å². The van der Waals surface area contributed by atoms with Gasteiger partial charge in [0.1, 0.15) is 5.60 Å². The topological polar surface area (TPSA) is 80.6 Å². The largest absolute Gasteiger partial charge is 0.369 e. The number of ether oxygens (including phenoxy) is 1. The molecule has 0 aliphatic heterocycles. The fraction of sp³-hybridized carbons (Fsp3) is 0.261. The van der Waals surface area contributed by atoms with Gasteiger partial charge in [-0.3, -0.25) is 0 Å². The molecule has 9 rings (SSSR count). The molecule has 0 amide bonds. The minimum Gasteiger partial charge on any atom is -0.369 e. The molecule has 4 heteroatoms. The first-order valence-electron chi connectivity index (χ1n) is 26.2. The summed E-state index contributed by atoms with van der Waals surface area (Å²) in [6.07, 6.45) is 33.4. The van der Waals surface area contributed by atoms with Gasteiger partial charge in [-0.1, -0.05) is 247 Å². The first-order valence-corrected chi connectivity index (χ1v) is 26.2. The lowest BCUT2D eigenvalue weighted by Crippen LogP contribution is -2.26. The Hall–Kier alpha value is -7.81. The number of hydrogen-bond donors (Lipinski definition) is 0. The second-order valence-electron chi connectivity index (χ2n) is 19.4. The van der Waals surface area contributed by atoms with Gasteiger partial charge in [0.25, 0.3) is 0 Å². The van der Waals surface area contributed by atoms with Crippen LogP contribution in [0.1, 0.15) is 130 Å². The van der Waals surface area contributed by atoms with Crippen LogP contribution < -0.4 is 0 Å². The molecule has 0 heterocycles. The van der Waals surface area contributed by atoms with Crippen LogP contribution in [0.3, 0.4) is 0 Å². The predicted octanol–water partition coefficient (Wildman–Crippen LogP) is 18.0. The summed E-state index contributed by atoms with van der Waals surface area (Å²) in [5.74, 6) is 0. The molecule has 0 aromatic heterocycles. The molecule has 366 valence electrons. The van der Waals surface area contributed by atoms with Crippen LogP contribution in [0.2, 0.25) is 0 Å². The van der Waals surface area contributed by atoms with Gasteiger partial charge in [0, 0.05) is 18.9 Å². The minimum absolute atomic E-state index is 0.118. The van der Waals surface area contributed by atoms with E-state index in [1.165, 1.54) is 83.9 Å². The highest BCUT2D eigenvalue weighted by Gasteiger charge is 2.32. The van der Waals surface area contributed by atoms with E-state index in [-0.39, 0.29) is 10.8 Å².